The molecule has 1 amide bonds. The van der Waals surface area contributed by atoms with Gasteiger partial charge in [0.2, 0.25) is 0 Å². The van der Waals surface area contributed by atoms with E-state index < -0.39 is 12.6 Å². The van der Waals surface area contributed by atoms with Crippen LogP contribution in [0.15, 0.2) is 27.2 Å². The van der Waals surface area contributed by atoms with Gasteiger partial charge >= 0.3 is 0 Å². The maximum Gasteiger partial charge on any atom is 0.274 e. The number of phenolic OH excluding ortho intramolecular Hbond substituents is 2. The molecule has 148 valence electrons. The van der Waals surface area contributed by atoms with Crippen LogP contribution in [0.1, 0.15) is 48.4 Å². The van der Waals surface area contributed by atoms with E-state index in [1.54, 1.807) is 13.0 Å². The van der Waals surface area contributed by atoms with E-state index >= 15 is 0 Å². The normalized spacial score (nSPS) is 11.2. The van der Waals surface area contributed by atoms with Crippen molar-refractivity contribution in [3.63, 3.8) is 0 Å². The molecule has 3 aromatic rings. The Kier molecular flexibility index (Phi) is 5.34. The Labute approximate surface area is 159 Å². The highest BCUT2D eigenvalue weighted by atomic mass is 19.1. The van der Waals surface area contributed by atoms with Crippen molar-refractivity contribution >= 4 is 5.91 Å². The summed E-state index contributed by atoms with van der Waals surface area (Å²) in [5, 5.41) is 30.5. The second kappa shape index (κ2) is 7.71. The molecule has 3 N–H and O–H groups in total. The van der Waals surface area contributed by atoms with Crippen LogP contribution in [-0.2, 0) is 6.67 Å². The minimum Gasteiger partial charge on any atom is -0.508 e. The standard InChI is InChI=1S/C19H20FN3O5/c1-4-21-19(26)17-16(15-5-10(8-20)22-27-15)18(28-23-17)12-6-11(9(2)3)13(24)7-14(12)25/h5-7,9,24-25H,4,8H2,1-3H3,(H,21,26). The van der Waals surface area contributed by atoms with Crippen molar-refractivity contribution in [3.8, 4) is 34.1 Å². The van der Waals surface area contributed by atoms with Crippen LogP contribution in [0.5, 0.6) is 11.5 Å². The molecular formula is C19H20FN3O5. The zero-order valence-corrected chi connectivity index (χ0v) is 15.6. The van der Waals surface area contributed by atoms with Gasteiger partial charge in [-0.1, -0.05) is 24.2 Å². The molecule has 28 heavy (non-hydrogen) atoms. The summed E-state index contributed by atoms with van der Waals surface area (Å²) in [5.41, 5.74) is 0.863. The highest BCUT2D eigenvalue weighted by Gasteiger charge is 2.29. The quantitative estimate of drug-likeness (QED) is 0.587. The van der Waals surface area contributed by atoms with Gasteiger partial charge in [0, 0.05) is 18.7 Å². The zero-order valence-electron chi connectivity index (χ0n) is 15.6. The first-order chi connectivity index (χ1) is 13.4. The zero-order chi connectivity index (χ0) is 20.4. The average molecular weight is 389 g/mol. The van der Waals surface area contributed by atoms with E-state index in [1.807, 2.05) is 13.8 Å². The van der Waals surface area contributed by atoms with Gasteiger partial charge in [-0.15, -0.1) is 0 Å². The third-order valence-corrected chi connectivity index (χ3v) is 4.20. The Morgan fingerprint density at radius 1 is 1.18 bits per heavy atom. The molecule has 0 atom stereocenters. The molecule has 0 bridgehead atoms. The lowest BCUT2D eigenvalue weighted by atomic mass is 9.95. The number of amides is 1. The first-order valence-electron chi connectivity index (χ1n) is 8.73. The fraction of sp³-hybridized carbons (Fsp3) is 0.316. The molecule has 9 heteroatoms. The van der Waals surface area contributed by atoms with E-state index in [2.05, 4.69) is 15.6 Å². The first kappa shape index (κ1) is 19.4. The number of alkyl halides is 1. The highest BCUT2D eigenvalue weighted by molar-refractivity contribution is 6.01. The molecule has 1 aromatic carbocycles. The fourth-order valence-corrected chi connectivity index (χ4v) is 2.83. The van der Waals surface area contributed by atoms with Crippen LogP contribution in [0.4, 0.5) is 4.39 Å². The van der Waals surface area contributed by atoms with Crippen LogP contribution in [0, 0.1) is 0 Å². The summed E-state index contributed by atoms with van der Waals surface area (Å²) in [7, 11) is 0. The number of hydrogen-bond donors (Lipinski definition) is 3. The van der Waals surface area contributed by atoms with Crippen LogP contribution >= 0.6 is 0 Å². The third kappa shape index (κ3) is 3.42. The Hall–Kier alpha value is -3.36. The number of benzene rings is 1. The summed E-state index contributed by atoms with van der Waals surface area (Å²) in [6.07, 6.45) is 0. The lowest BCUT2D eigenvalue weighted by Crippen LogP contribution is -2.23. The molecule has 0 saturated heterocycles. The molecule has 0 aliphatic carbocycles. The number of rotatable bonds is 6. The number of aromatic hydroxyl groups is 2. The molecule has 3 rings (SSSR count). The summed E-state index contributed by atoms with van der Waals surface area (Å²) < 4.78 is 23.5. The van der Waals surface area contributed by atoms with Crippen molar-refractivity contribution in [1.82, 2.24) is 15.6 Å². The lowest BCUT2D eigenvalue weighted by molar-refractivity contribution is 0.0947. The Morgan fingerprint density at radius 3 is 2.54 bits per heavy atom. The molecule has 0 unspecified atom stereocenters. The second-order valence-electron chi connectivity index (χ2n) is 6.49. The van der Waals surface area contributed by atoms with Gasteiger partial charge in [0.05, 0.1) is 5.56 Å². The van der Waals surface area contributed by atoms with E-state index in [0.29, 0.717) is 12.1 Å². The van der Waals surface area contributed by atoms with Crippen LogP contribution in [0.3, 0.4) is 0 Å². The van der Waals surface area contributed by atoms with E-state index in [0.717, 1.165) is 0 Å². The average Bonchev–Trinajstić information content (AvgIpc) is 3.28. The highest BCUT2D eigenvalue weighted by Crippen LogP contribution is 2.43. The summed E-state index contributed by atoms with van der Waals surface area (Å²) in [6, 6.07) is 4.07. The van der Waals surface area contributed by atoms with Crippen molar-refractivity contribution in [2.45, 2.75) is 33.4 Å². The summed E-state index contributed by atoms with van der Waals surface area (Å²) in [6.45, 7) is 5.01. The van der Waals surface area contributed by atoms with Crippen molar-refractivity contribution < 1.29 is 28.4 Å². The summed E-state index contributed by atoms with van der Waals surface area (Å²) in [4.78, 5) is 12.4. The van der Waals surface area contributed by atoms with Gasteiger partial charge in [-0.25, -0.2) is 4.39 Å². The van der Waals surface area contributed by atoms with E-state index in [9.17, 15) is 19.4 Å². The monoisotopic (exact) mass is 389 g/mol. The van der Waals surface area contributed by atoms with Crippen LogP contribution in [0.2, 0.25) is 0 Å². The van der Waals surface area contributed by atoms with Gasteiger partial charge in [0.15, 0.2) is 17.2 Å². The maximum atomic E-state index is 12.9. The van der Waals surface area contributed by atoms with E-state index in [1.165, 1.54) is 12.1 Å². The number of carbonyl (C=O) groups is 1. The van der Waals surface area contributed by atoms with Gasteiger partial charge in [0.1, 0.15) is 29.4 Å². The van der Waals surface area contributed by atoms with Crippen molar-refractivity contribution in [3.05, 3.63) is 35.2 Å². The minimum atomic E-state index is -0.845. The number of hydrogen-bond acceptors (Lipinski definition) is 7. The molecule has 0 aliphatic rings. The van der Waals surface area contributed by atoms with E-state index in [4.69, 9.17) is 9.05 Å². The Morgan fingerprint density at radius 2 is 1.93 bits per heavy atom. The molecular weight excluding hydrogens is 369 g/mol. The van der Waals surface area contributed by atoms with Gasteiger partial charge in [0.25, 0.3) is 5.91 Å². The fourth-order valence-electron chi connectivity index (χ4n) is 2.83. The summed E-state index contributed by atoms with van der Waals surface area (Å²) in [5.74, 6) is -0.788. The number of aromatic nitrogens is 2. The van der Waals surface area contributed by atoms with Crippen molar-refractivity contribution in [2.24, 2.45) is 0 Å². The Balaban J connectivity index is 2.25. The largest absolute Gasteiger partial charge is 0.508 e. The lowest BCUT2D eigenvalue weighted by Gasteiger charge is -2.11. The number of nitrogens with one attached hydrogen (secondary N) is 1. The van der Waals surface area contributed by atoms with Crippen LogP contribution in [-0.4, -0.2) is 33.0 Å². The van der Waals surface area contributed by atoms with E-state index in [-0.39, 0.29) is 51.5 Å². The molecule has 2 heterocycles. The van der Waals surface area contributed by atoms with Crippen LogP contribution < -0.4 is 5.32 Å². The SMILES string of the molecule is CCNC(=O)c1noc(-c2cc(C(C)C)c(O)cc2O)c1-c1cc(CF)no1. The van der Waals surface area contributed by atoms with Gasteiger partial charge in [-0.2, -0.15) is 0 Å². The predicted octanol–water partition coefficient (Wildman–Crippen LogP) is 3.75. The van der Waals surface area contributed by atoms with Gasteiger partial charge < -0.3 is 24.6 Å². The van der Waals surface area contributed by atoms with Crippen LogP contribution in [0.25, 0.3) is 22.6 Å². The number of nitrogens with zero attached hydrogens (tertiary/aromatic N) is 2. The Bertz CT molecular complexity index is 1010. The van der Waals surface area contributed by atoms with Gasteiger partial charge in [-0.3, -0.25) is 4.79 Å². The number of carbonyl (C=O) groups excluding carboxylic acids is 1. The number of phenols is 2. The van der Waals surface area contributed by atoms with Crippen molar-refractivity contribution in [2.75, 3.05) is 6.54 Å². The molecule has 0 spiro atoms. The van der Waals surface area contributed by atoms with Gasteiger partial charge in [-0.05, 0) is 24.5 Å². The molecule has 0 aliphatic heterocycles. The van der Waals surface area contributed by atoms with Crippen molar-refractivity contribution in [1.29, 1.82) is 0 Å². The molecule has 0 saturated carbocycles. The third-order valence-electron chi connectivity index (χ3n) is 4.20. The molecule has 2 aromatic heterocycles. The first-order valence-corrected chi connectivity index (χ1v) is 8.73. The number of halogens is 1. The topological polar surface area (TPSA) is 122 Å². The minimum absolute atomic E-state index is 0.0433. The maximum absolute atomic E-state index is 12.9. The molecule has 8 nitrogen and oxygen atoms in total. The summed E-state index contributed by atoms with van der Waals surface area (Å²) >= 11 is 0. The predicted molar refractivity (Wildman–Crippen MR) is 97.7 cm³/mol. The smallest absolute Gasteiger partial charge is 0.274 e. The second-order valence-corrected chi connectivity index (χ2v) is 6.49. The molecule has 0 radical (unpaired) electrons. The molecule has 0 fully saturated rings.